The molecule has 6 heteroatoms. The molecule has 3 fully saturated rings. The summed E-state index contributed by atoms with van der Waals surface area (Å²) in [4.78, 5) is 20.4. The zero-order valence-electron chi connectivity index (χ0n) is 24.1. The number of amides is 1. The number of benzene rings is 3. The average Bonchev–Trinajstić information content (AvgIpc) is 3.86. The zero-order valence-corrected chi connectivity index (χ0v) is 24.8. The molecule has 5 nitrogen and oxygen atoms in total. The Morgan fingerprint density at radius 3 is 2.24 bits per heavy atom. The van der Waals surface area contributed by atoms with Gasteiger partial charge in [-0.15, -0.1) is 0 Å². The van der Waals surface area contributed by atoms with E-state index < -0.39 is 6.04 Å². The SMILES string of the molecule is N[C@@H](C(=O)N1CCN(Cc2ccccc2C2CC2)CC1)C1CCN(CCc2cc(Cl)ccc2-c2ccccc2)CC1. The van der Waals surface area contributed by atoms with Gasteiger partial charge in [0.2, 0.25) is 5.91 Å². The molecule has 41 heavy (non-hydrogen) atoms. The summed E-state index contributed by atoms with van der Waals surface area (Å²) < 4.78 is 0. The van der Waals surface area contributed by atoms with E-state index in [9.17, 15) is 4.79 Å². The van der Waals surface area contributed by atoms with Crippen LogP contribution in [0.15, 0.2) is 72.8 Å². The van der Waals surface area contributed by atoms with Crippen molar-refractivity contribution in [2.45, 2.75) is 50.6 Å². The normalized spacial score (nSPS) is 19.8. The molecule has 0 spiro atoms. The van der Waals surface area contributed by atoms with Gasteiger partial charge in [0.1, 0.15) is 0 Å². The van der Waals surface area contributed by atoms with Crippen LogP contribution in [0.1, 0.15) is 48.3 Å². The number of nitrogens with zero attached hydrogens (tertiary/aromatic N) is 3. The standard InChI is InChI=1S/C35H43ClN4O/c36-31-12-13-33(26-6-2-1-3-7-26)29(24-31)16-19-38-17-14-28(15-18-38)34(37)35(41)40-22-20-39(21-23-40)25-30-8-4-5-9-32(30)27-10-11-27/h1-9,12-13,24,27-28,34H,10-11,14-23,25,37H2/t34-/m1/s1. The van der Waals surface area contributed by atoms with Gasteiger partial charge in [0.25, 0.3) is 0 Å². The molecule has 2 saturated heterocycles. The molecule has 0 radical (unpaired) electrons. The van der Waals surface area contributed by atoms with Crippen molar-refractivity contribution >= 4 is 17.5 Å². The van der Waals surface area contributed by atoms with E-state index in [4.69, 9.17) is 17.3 Å². The van der Waals surface area contributed by atoms with Crippen LogP contribution in [-0.4, -0.2) is 72.5 Å². The van der Waals surface area contributed by atoms with Crippen LogP contribution in [0, 0.1) is 5.92 Å². The number of carbonyl (C=O) groups is 1. The van der Waals surface area contributed by atoms with Crippen molar-refractivity contribution in [3.63, 3.8) is 0 Å². The first-order valence-corrected chi connectivity index (χ1v) is 15.8. The summed E-state index contributed by atoms with van der Waals surface area (Å²) in [5.41, 5.74) is 13.4. The summed E-state index contributed by atoms with van der Waals surface area (Å²) >= 11 is 6.37. The fourth-order valence-electron chi connectivity index (χ4n) is 6.73. The van der Waals surface area contributed by atoms with Gasteiger partial charge in [-0.25, -0.2) is 0 Å². The average molecular weight is 571 g/mol. The molecule has 0 aromatic heterocycles. The topological polar surface area (TPSA) is 52.8 Å². The molecule has 2 N–H and O–H groups in total. The Kier molecular flexibility index (Phi) is 9.07. The number of halogens is 1. The largest absolute Gasteiger partial charge is 0.339 e. The number of carbonyl (C=O) groups excluding carboxylic acids is 1. The molecular formula is C35H43ClN4O. The molecular weight excluding hydrogens is 528 g/mol. The summed E-state index contributed by atoms with van der Waals surface area (Å²) in [6.07, 6.45) is 5.56. The monoisotopic (exact) mass is 570 g/mol. The molecule has 0 bridgehead atoms. The summed E-state index contributed by atoms with van der Waals surface area (Å²) in [5.74, 6) is 1.17. The third-order valence-electron chi connectivity index (χ3n) is 9.42. The van der Waals surface area contributed by atoms with Gasteiger partial charge in [-0.05, 0) is 97.0 Å². The Morgan fingerprint density at radius 1 is 0.805 bits per heavy atom. The lowest BCUT2D eigenvalue weighted by Crippen LogP contribution is -2.55. The molecule has 3 aromatic rings. The number of piperidine rings is 1. The Bertz CT molecular complexity index is 1310. The van der Waals surface area contributed by atoms with Crippen LogP contribution in [0.5, 0.6) is 0 Å². The van der Waals surface area contributed by atoms with Crippen LogP contribution in [0.25, 0.3) is 11.1 Å². The Hall–Kier alpha value is -2.70. The van der Waals surface area contributed by atoms with Crippen molar-refractivity contribution in [1.82, 2.24) is 14.7 Å². The lowest BCUT2D eigenvalue weighted by Gasteiger charge is -2.39. The van der Waals surface area contributed by atoms with Gasteiger partial charge in [-0.1, -0.05) is 72.3 Å². The fourth-order valence-corrected chi connectivity index (χ4v) is 6.93. The smallest absolute Gasteiger partial charge is 0.239 e. The fraction of sp³-hybridized carbons (Fsp3) is 0.457. The van der Waals surface area contributed by atoms with E-state index in [0.29, 0.717) is 0 Å². The summed E-state index contributed by atoms with van der Waals surface area (Å²) in [6.45, 7) is 7.35. The third-order valence-corrected chi connectivity index (χ3v) is 9.66. The first-order chi connectivity index (χ1) is 20.0. The molecule has 1 amide bonds. The molecule has 2 heterocycles. The summed E-state index contributed by atoms with van der Waals surface area (Å²) in [6, 6.07) is 25.3. The predicted molar refractivity (Wildman–Crippen MR) is 168 cm³/mol. The van der Waals surface area contributed by atoms with Crippen molar-refractivity contribution in [1.29, 1.82) is 0 Å². The van der Waals surface area contributed by atoms with Gasteiger partial charge in [-0.3, -0.25) is 9.69 Å². The minimum absolute atomic E-state index is 0.146. The van der Waals surface area contributed by atoms with Crippen molar-refractivity contribution < 1.29 is 4.79 Å². The second-order valence-electron chi connectivity index (χ2n) is 12.2. The highest BCUT2D eigenvalue weighted by molar-refractivity contribution is 6.30. The highest BCUT2D eigenvalue weighted by Crippen LogP contribution is 2.41. The Balaban J connectivity index is 0.960. The van der Waals surface area contributed by atoms with Gasteiger partial charge in [0, 0.05) is 44.3 Å². The van der Waals surface area contributed by atoms with E-state index in [2.05, 4.69) is 76.5 Å². The van der Waals surface area contributed by atoms with E-state index >= 15 is 0 Å². The van der Waals surface area contributed by atoms with Crippen LogP contribution in [0.2, 0.25) is 5.02 Å². The number of rotatable bonds is 9. The summed E-state index contributed by atoms with van der Waals surface area (Å²) in [7, 11) is 0. The van der Waals surface area contributed by atoms with Crippen LogP contribution in [-0.2, 0) is 17.8 Å². The molecule has 2 aliphatic heterocycles. The van der Waals surface area contributed by atoms with E-state index in [-0.39, 0.29) is 11.8 Å². The number of hydrogen-bond acceptors (Lipinski definition) is 4. The van der Waals surface area contributed by atoms with E-state index in [1.54, 1.807) is 0 Å². The number of piperazine rings is 1. The Labute approximate surface area is 250 Å². The molecule has 3 aromatic carbocycles. The molecule has 6 rings (SSSR count). The maximum atomic E-state index is 13.4. The van der Waals surface area contributed by atoms with Gasteiger partial charge >= 0.3 is 0 Å². The van der Waals surface area contributed by atoms with Crippen molar-refractivity contribution in [2.24, 2.45) is 11.7 Å². The maximum absolute atomic E-state index is 13.4. The molecule has 1 aliphatic carbocycles. The van der Waals surface area contributed by atoms with Gasteiger partial charge < -0.3 is 15.5 Å². The predicted octanol–water partition coefficient (Wildman–Crippen LogP) is 5.81. The first-order valence-electron chi connectivity index (χ1n) is 15.5. The number of nitrogens with two attached hydrogens (primary N) is 1. The molecule has 216 valence electrons. The van der Waals surface area contributed by atoms with Crippen molar-refractivity contribution in [2.75, 3.05) is 45.8 Å². The van der Waals surface area contributed by atoms with Gasteiger partial charge in [-0.2, -0.15) is 0 Å². The maximum Gasteiger partial charge on any atom is 0.239 e. The van der Waals surface area contributed by atoms with Crippen molar-refractivity contribution in [3.8, 4) is 11.1 Å². The highest BCUT2D eigenvalue weighted by atomic mass is 35.5. The molecule has 0 unspecified atom stereocenters. The molecule has 1 saturated carbocycles. The number of likely N-dealkylation sites (tertiary alicyclic amines) is 1. The number of hydrogen-bond donors (Lipinski definition) is 1. The second kappa shape index (κ2) is 13.1. The van der Waals surface area contributed by atoms with Gasteiger partial charge in [0.15, 0.2) is 0 Å². The van der Waals surface area contributed by atoms with Crippen LogP contribution in [0.4, 0.5) is 0 Å². The lowest BCUT2D eigenvalue weighted by atomic mass is 9.88. The van der Waals surface area contributed by atoms with Crippen molar-refractivity contribution in [3.05, 3.63) is 94.5 Å². The zero-order chi connectivity index (χ0) is 28.2. The lowest BCUT2D eigenvalue weighted by molar-refractivity contribution is -0.136. The van der Waals surface area contributed by atoms with E-state index in [1.807, 2.05) is 11.0 Å². The molecule has 3 aliphatic rings. The molecule has 1 atom stereocenters. The van der Waals surface area contributed by atoms with E-state index in [0.717, 1.165) is 82.6 Å². The first kappa shape index (κ1) is 28.4. The van der Waals surface area contributed by atoms with Gasteiger partial charge in [0.05, 0.1) is 6.04 Å². The van der Waals surface area contributed by atoms with E-state index in [1.165, 1.54) is 40.7 Å². The quantitative estimate of drug-likeness (QED) is 0.353. The second-order valence-corrected chi connectivity index (χ2v) is 12.6. The van der Waals surface area contributed by atoms with Crippen LogP contribution in [0.3, 0.4) is 0 Å². The van der Waals surface area contributed by atoms with Crippen LogP contribution >= 0.6 is 11.6 Å². The minimum atomic E-state index is -0.392. The minimum Gasteiger partial charge on any atom is -0.339 e. The highest BCUT2D eigenvalue weighted by Gasteiger charge is 2.33. The Morgan fingerprint density at radius 2 is 1.51 bits per heavy atom. The van der Waals surface area contributed by atoms with Crippen LogP contribution < -0.4 is 5.73 Å². The summed E-state index contributed by atoms with van der Waals surface area (Å²) in [5, 5.41) is 0.784. The third kappa shape index (κ3) is 7.03.